The first-order chi connectivity index (χ1) is 10.3. The summed E-state index contributed by atoms with van der Waals surface area (Å²) in [7, 11) is -1.95. The van der Waals surface area contributed by atoms with Crippen LogP contribution in [0.3, 0.4) is 0 Å². The van der Waals surface area contributed by atoms with Crippen molar-refractivity contribution in [2.75, 3.05) is 7.11 Å². The number of hydrogen-bond acceptors (Lipinski definition) is 7. The molecule has 0 spiro atoms. The Morgan fingerprint density at radius 3 is 2.59 bits per heavy atom. The summed E-state index contributed by atoms with van der Waals surface area (Å²) < 4.78 is 35.0. The van der Waals surface area contributed by atoms with Gasteiger partial charge in [0, 0.05) is 23.7 Å². The molecule has 0 saturated heterocycles. The highest BCUT2D eigenvalue weighted by Gasteiger charge is 2.22. The van der Waals surface area contributed by atoms with E-state index in [9.17, 15) is 8.42 Å². The standard InChI is InChI=1S/C14H19N3O4S/c1-5-12-11(10(3)17-21-12)7-22(18,19)8-13-15-9(2)6-14(16-13)20-4/h6H,5,7-8H2,1-4H3. The van der Waals surface area contributed by atoms with Crippen molar-refractivity contribution in [2.24, 2.45) is 0 Å². The molecule has 7 nitrogen and oxygen atoms in total. The second kappa shape index (κ2) is 6.43. The lowest BCUT2D eigenvalue weighted by Gasteiger charge is -2.06. The first-order valence-corrected chi connectivity index (χ1v) is 8.69. The van der Waals surface area contributed by atoms with Crippen molar-refractivity contribution in [3.8, 4) is 5.88 Å². The van der Waals surface area contributed by atoms with E-state index in [4.69, 9.17) is 9.26 Å². The average molecular weight is 325 g/mol. The first-order valence-electron chi connectivity index (χ1n) is 6.87. The summed E-state index contributed by atoms with van der Waals surface area (Å²) in [5.41, 5.74) is 1.89. The lowest BCUT2D eigenvalue weighted by Crippen LogP contribution is -2.12. The average Bonchev–Trinajstić information content (AvgIpc) is 2.77. The molecule has 2 rings (SSSR count). The molecule has 22 heavy (non-hydrogen) atoms. The monoisotopic (exact) mass is 325 g/mol. The fourth-order valence-electron chi connectivity index (χ4n) is 2.13. The Labute approximate surface area is 129 Å². The van der Waals surface area contributed by atoms with Gasteiger partial charge >= 0.3 is 0 Å². The number of aromatic nitrogens is 3. The first kappa shape index (κ1) is 16.4. The molecule has 0 aliphatic carbocycles. The maximum atomic E-state index is 12.4. The van der Waals surface area contributed by atoms with E-state index in [-0.39, 0.29) is 17.3 Å². The predicted octanol–water partition coefficient (Wildman–Crippen LogP) is 1.77. The Bertz CT molecular complexity index is 768. The highest BCUT2D eigenvalue weighted by molar-refractivity contribution is 7.89. The number of rotatable bonds is 6. The maximum absolute atomic E-state index is 12.4. The summed E-state index contributed by atoms with van der Waals surface area (Å²) >= 11 is 0. The molecule has 0 amide bonds. The highest BCUT2D eigenvalue weighted by atomic mass is 32.2. The lowest BCUT2D eigenvalue weighted by atomic mass is 10.2. The Kier molecular flexibility index (Phi) is 4.80. The van der Waals surface area contributed by atoms with Gasteiger partial charge in [0.05, 0.1) is 18.6 Å². The molecule has 2 aromatic heterocycles. The summed E-state index contributed by atoms with van der Waals surface area (Å²) in [5, 5.41) is 3.83. The smallest absolute Gasteiger partial charge is 0.216 e. The molecule has 0 atom stereocenters. The summed E-state index contributed by atoms with van der Waals surface area (Å²) in [6.45, 7) is 5.39. The van der Waals surface area contributed by atoms with Crippen LogP contribution in [0.25, 0.3) is 0 Å². The van der Waals surface area contributed by atoms with E-state index in [1.807, 2.05) is 6.92 Å². The van der Waals surface area contributed by atoms with Crippen molar-refractivity contribution in [3.63, 3.8) is 0 Å². The minimum Gasteiger partial charge on any atom is -0.481 e. The van der Waals surface area contributed by atoms with Crippen LogP contribution in [0, 0.1) is 13.8 Å². The van der Waals surface area contributed by atoms with Gasteiger partial charge in [0.2, 0.25) is 5.88 Å². The van der Waals surface area contributed by atoms with Crippen LogP contribution >= 0.6 is 0 Å². The quantitative estimate of drug-likeness (QED) is 0.798. The van der Waals surface area contributed by atoms with Gasteiger partial charge in [-0.05, 0) is 13.8 Å². The molecule has 120 valence electrons. The number of aryl methyl sites for hydroxylation is 3. The number of hydrogen-bond donors (Lipinski definition) is 0. The second-order valence-corrected chi connectivity index (χ2v) is 7.09. The van der Waals surface area contributed by atoms with Crippen molar-refractivity contribution in [1.29, 1.82) is 0 Å². The molecule has 0 bridgehead atoms. The third-order valence-corrected chi connectivity index (χ3v) is 4.61. The minimum atomic E-state index is -3.43. The highest BCUT2D eigenvalue weighted by Crippen LogP contribution is 2.19. The number of sulfone groups is 1. The van der Waals surface area contributed by atoms with Crippen molar-refractivity contribution in [2.45, 2.75) is 38.7 Å². The topological polar surface area (TPSA) is 95.2 Å². The largest absolute Gasteiger partial charge is 0.481 e. The molecule has 0 N–H and O–H groups in total. The van der Waals surface area contributed by atoms with Crippen molar-refractivity contribution >= 4 is 9.84 Å². The zero-order valence-corrected chi connectivity index (χ0v) is 13.9. The van der Waals surface area contributed by atoms with Crippen LogP contribution in [0.4, 0.5) is 0 Å². The van der Waals surface area contributed by atoms with Crippen LogP contribution in [0.2, 0.25) is 0 Å². The Morgan fingerprint density at radius 1 is 1.23 bits per heavy atom. The zero-order valence-electron chi connectivity index (χ0n) is 13.1. The number of ether oxygens (including phenoxy) is 1. The normalized spacial score (nSPS) is 11.6. The molecule has 0 aliphatic heterocycles. The van der Waals surface area contributed by atoms with Gasteiger partial charge in [-0.2, -0.15) is 4.98 Å². The number of nitrogens with zero attached hydrogens (tertiary/aromatic N) is 3. The van der Waals surface area contributed by atoms with E-state index in [2.05, 4.69) is 15.1 Å². The minimum absolute atomic E-state index is 0.134. The van der Waals surface area contributed by atoms with Gasteiger partial charge in [0.1, 0.15) is 17.3 Å². The molecule has 0 saturated carbocycles. The molecule has 0 aliphatic rings. The van der Waals surface area contributed by atoms with Gasteiger partial charge in [-0.15, -0.1) is 0 Å². The molecule has 0 aromatic carbocycles. The van der Waals surface area contributed by atoms with Crippen LogP contribution in [0.15, 0.2) is 10.6 Å². The fourth-order valence-corrected chi connectivity index (χ4v) is 3.57. The van der Waals surface area contributed by atoms with Crippen molar-refractivity contribution in [1.82, 2.24) is 15.1 Å². The van der Waals surface area contributed by atoms with Gasteiger partial charge in [-0.25, -0.2) is 13.4 Å². The van der Waals surface area contributed by atoms with Gasteiger partial charge in [0.25, 0.3) is 0 Å². The summed E-state index contributed by atoms with van der Waals surface area (Å²) in [5.74, 6) is 0.796. The summed E-state index contributed by atoms with van der Waals surface area (Å²) in [6.07, 6.45) is 0.598. The third-order valence-electron chi connectivity index (χ3n) is 3.19. The van der Waals surface area contributed by atoms with E-state index in [1.165, 1.54) is 7.11 Å². The maximum Gasteiger partial charge on any atom is 0.216 e. The fraction of sp³-hybridized carbons (Fsp3) is 0.500. The molecule has 0 unspecified atom stereocenters. The van der Waals surface area contributed by atoms with E-state index in [0.717, 1.165) is 0 Å². The Morgan fingerprint density at radius 2 is 1.95 bits per heavy atom. The molecular weight excluding hydrogens is 306 g/mol. The van der Waals surface area contributed by atoms with E-state index >= 15 is 0 Å². The van der Waals surface area contributed by atoms with E-state index in [0.29, 0.717) is 35.0 Å². The van der Waals surface area contributed by atoms with Crippen molar-refractivity contribution < 1.29 is 17.7 Å². The van der Waals surface area contributed by atoms with Crippen LogP contribution in [-0.2, 0) is 27.8 Å². The SMILES string of the molecule is CCc1onc(C)c1CS(=O)(=O)Cc1nc(C)cc(OC)n1. The van der Waals surface area contributed by atoms with Crippen molar-refractivity contribution in [3.05, 3.63) is 34.6 Å². The number of methoxy groups -OCH3 is 1. The molecule has 2 heterocycles. The lowest BCUT2D eigenvalue weighted by molar-refractivity contribution is 0.382. The van der Waals surface area contributed by atoms with Gasteiger partial charge < -0.3 is 9.26 Å². The summed E-state index contributed by atoms with van der Waals surface area (Å²) in [6, 6.07) is 1.65. The van der Waals surface area contributed by atoms with Crippen LogP contribution in [0.5, 0.6) is 5.88 Å². The molecule has 0 fully saturated rings. The predicted molar refractivity (Wildman–Crippen MR) is 80.3 cm³/mol. The second-order valence-electron chi connectivity index (χ2n) is 5.02. The molecule has 8 heteroatoms. The van der Waals surface area contributed by atoms with Crippen LogP contribution in [-0.4, -0.2) is 30.7 Å². The third kappa shape index (κ3) is 3.82. The van der Waals surface area contributed by atoms with Gasteiger partial charge in [-0.1, -0.05) is 12.1 Å². The van der Waals surface area contributed by atoms with Gasteiger partial charge in [0.15, 0.2) is 9.84 Å². The zero-order chi connectivity index (χ0) is 16.3. The Balaban J connectivity index is 2.24. The molecular formula is C14H19N3O4S. The molecule has 0 radical (unpaired) electrons. The van der Waals surface area contributed by atoms with Gasteiger partial charge in [-0.3, -0.25) is 0 Å². The molecule has 2 aromatic rings. The van der Waals surface area contributed by atoms with Crippen LogP contribution < -0.4 is 4.74 Å². The van der Waals surface area contributed by atoms with Crippen LogP contribution in [0.1, 0.15) is 35.5 Å². The Hall–Kier alpha value is -1.96. The van der Waals surface area contributed by atoms with E-state index in [1.54, 1.807) is 19.9 Å². The van der Waals surface area contributed by atoms with E-state index < -0.39 is 9.84 Å². The summed E-state index contributed by atoms with van der Waals surface area (Å²) in [4.78, 5) is 8.23.